The second-order valence-electron chi connectivity index (χ2n) is 9.60. The Morgan fingerprint density at radius 3 is 2.28 bits per heavy atom. The molecular formula is C24H29F3N6O3. The number of carbonyl (C=O) groups excluding carboxylic acids is 2. The summed E-state index contributed by atoms with van der Waals surface area (Å²) in [6.45, 7) is 8.18. The first-order valence-electron chi connectivity index (χ1n) is 11.2. The minimum Gasteiger partial charge on any atom is -0.383 e. The van der Waals surface area contributed by atoms with Gasteiger partial charge in [0.2, 0.25) is 5.91 Å². The number of anilines is 2. The van der Waals surface area contributed by atoms with Gasteiger partial charge in [-0.15, -0.1) is 0 Å². The first-order chi connectivity index (χ1) is 16.6. The Hall–Kier alpha value is -3.83. The van der Waals surface area contributed by atoms with E-state index in [1.807, 2.05) is 13.8 Å². The summed E-state index contributed by atoms with van der Waals surface area (Å²) in [6, 6.07) is 8.01. The fourth-order valence-corrected chi connectivity index (χ4v) is 3.84. The second kappa shape index (κ2) is 9.67. The van der Waals surface area contributed by atoms with Crippen LogP contribution in [0.4, 0.5) is 24.8 Å². The van der Waals surface area contributed by atoms with Crippen LogP contribution in [0.3, 0.4) is 0 Å². The van der Waals surface area contributed by atoms with Crippen LogP contribution in [0.1, 0.15) is 74.7 Å². The van der Waals surface area contributed by atoms with Gasteiger partial charge in [-0.05, 0) is 26.3 Å². The minimum atomic E-state index is -4.38. The van der Waals surface area contributed by atoms with Gasteiger partial charge in [0.25, 0.3) is 5.91 Å². The van der Waals surface area contributed by atoms with Crippen LogP contribution < -0.4 is 16.8 Å². The molecule has 1 aromatic carbocycles. The van der Waals surface area contributed by atoms with Crippen LogP contribution in [0.15, 0.2) is 34.9 Å². The molecule has 2 heterocycles. The van der Waals surface area contributed by atoms with Crippen LogP contribution in [0.2, 0.25) is 0 Å². The number of nitrogen functional groups attached to an aromatic ring is 1. The second-order valence-corrected chi connectivity index (χ2v) is 9.60. The van der Waals surface area contributed by atoms with Crippen molar-refractivity contribution in [2.24, 2.45) is 5.73 Å². The van der Waals surface area contributed by atoms with Crippen LogP contribution >= 0.6 is 0 Å². The van der Waals surface area contributed by atoms with Crippen LogP contribution in [0, 0.1) is 0 Å². The Balaban J connectivity index is 1.77. The number of hydrogen-bond acceptors (Lipinski definition) is 6. The van der Waals surface area contributed by atoms with Gasteiger partial charge in [0.1, 0.15) is 22.8 Å². The van der Waals surface area contributed by atoms with Crippen LogP contribution in [-0.4, -0.2) is 32.9 Å². The van der Waals surface area contributed by atoms with E-state index in [0.29, 0.717) is 16.8 Å². The summed E-state index contributed by atoms with van der Waals surface area (Å²) >= 11 is 0. The molecule has 0 saturated heterocycles. The van der Waals surface area contributed by atoms with Crippen LogP contribution in [-0.2, 0) is 10.2 Å². The molecule has 0 bridgehead atoms. The van der Waals surface area contributed by atoms with Crippen molar-refractivity contribution in [3.8, 4) is 11.3 Å². The maximum absolute atomic E-state index is 12.8. The number of carbonyl (C=O) groups is 2. The quantitative estimate of drug-likeness (QED) is 0.402. The molecule has 194 valence electrons. The third-order valence-corrected chi connectivity index (χ3v) is 5.83. The van der Waals surface area contributed by atoms with Crippen molar-refractivity contribution >= 4 is 23.5 Å². The van der Waals surface area contributed by atoms with Crippen molar-refractivity contribution in [1.29, 1.82) is 0 Å². The molecule has 0 aliphatic carbocycles. The zero-order valence-corrected chi connectivity index (χ0v) is 20.6. The van der Waals surface area contributed by atoms with Gasteiger partial charge in [0, 0.05) is 23.1 Å². The van der Waals surface area contributed by atoms with E-state index in [1.54, 1.807) is 31.2 Å². The van der Waals surface area contributed by atoms with Gasteiger partial charge >= 0.3 is 6.18 Å². The van der Waals surface area contributed by atoms with Gasteiger partial charge in [0.05, 0.1) is 12.3 Å². The first-order valence-corrected chi connectivity index (χ1v) is 11.2. The summed E-state index contributed by atoms with van der Waals surface area (Å²) in [5.74, 6) is -1.54. The van der Waals surface area contributed by atoms with Gasteiger partial charge in [-0.1, -0.05) is 43.3 Å². The van der Waals surface area contributed by atoms with E-state index >= 15 is 0 Å². The molecule has 1 atom stereocenters. The molecule has 2 aromatic heterocycles. The SMILES string of the molecule is CC(C(=O)Nc1cc(C(C)(C)CC(F)(F)F)on1)c1ccc(-c2nn(C(C)C)c(N)c2C(N)=O)cc1. The van der Waals surface area contributed by atoms with E-state index in [-0.39, 0.29) is 29.0 Å². The Bertz CT molecular complexity index is 1260. The van der Waals surface area contributed by atoms with E-state index in [1.165, 1.54) is 24.6 Å². The third-order valence-electron chi connectivity index (χ3n) is 5.83. The molecular weight excluding hydrogens is 477 g/mol. The number of benzene rings is 1. The lowest BCUT2D eigenvalue weighted by atomic mass is 9.86. The number of alkyl halides is 3. The first kappa shape index (κ1) is 26.8. The molecule has 0 fully saturated rings. The molecule has 5 N–H and O–H groups in total. The van der Waals surface area contributed by atoms with Crippen molar-refractivity contribution in [3.05, 3.63) is 47.2 Å². The van der Waals surface area contributed by atoms with Crippen molar-refractivity contribution in [1.82, 2.24) is 14.9 Å². The number of halogens is 3. The molecule has 3 rings (SSSR count). The molecule has 12 heteroatoms. The maximum Gasteiger partial charge on any atom is 0.390 e. The lowest BCUT2D eigenvalue weighted by Gasteiger charge is -2.22. The van der Waals surface area contributed by atoms with Crippen molar-refractivity contribution in [3.63, 3.8) is 0 Å². The van der Waals surface area contributed by atoms with Crippen LogP contribution in [0.5, 0.6) is 0 Å². The van der Waals surface area contributed by atoms with E-state index in [2.05, 4.69) is 15.6 Å². The van der Waals surface area contributed by atoms with Gasteiger partial charge in [0.15, 0.2) is 5.82 Å². The Morgan fingerprint density at radius 1 is 1.14 bits per heavy atom. The number of primary amides is 1. The third kappa shape index (κ3) is 5.69. The highest BCUT2D eigenvalue weighted by Crippen LogP contribution is 2.37. The van der Waals surface area contributed by atoms with Crippen molar-refractivity contribution in [2.45, 2.75) is 64.6 Å². The normalized spacial score (nSPS) is 13.1. The molecule has 0 radical (unpaired) electrons. The predicted molar refractivity (Wildman–Crippen MR) is 128 cm³/mol. The molecule has 36 heavy (non-hydrogen) atoms. The number of aromatic nitrogens is 3. The zero-order valence-electron chi connectivity index (χ0n) is 20.6. The van der Waals surface area contributed by atoms with E-state index in [0.717, 1.165) is 0 Å². The smallest absolute Gasteiger partial charge is 0.383 e. The van der Waals surface area contributed by atoms with E-state index < -0.39 is 35.7 Å². The topological polar surface area (TPSA) is 142 Å². The average Bonchev–Trinajstić information content (AvgIpc) is 3.36. The Morgan fingerprint density at radius 2 is 1.75 bits per heavy atom. The number of rotatable bonds is 8. The fraction of sp³-hybridized carbons (Fsp3) is 0.417. The molecule has 0 aliphatic heterocycles. The van der Waals surface area contributed by atoms with Crippen molar-refractivity contribution in [2.75, 3.05) is 11.1 Å². The average molecular weight is 507 g/mol. The molecule has 0 spiro atoms. The monoisotopic (exact) mass is 506 g/mol. The Labute approximate surface area is 206 Å². The number of nitrogens with one attached hydrogen (secondary N) is 1. The summed E-state index contributed by atoms with van der Waals surface area (Å²) < 4.78 is 45.1. The van der Waals surface area contributed by atoms with E-state index in [4.69, 9.17) is 16.0 Å². The van der Waals surface area contributed by atoms with Gasteiger partial charge in [-0.2, -0.15) is 18.3 Å². The summed E-state index contributed by atoms with van der Waals surface area (Å²) in [5.41, 5.74) is 12.0. The summed E-state index contributed by atoms with van der Waals surface area (Å²) in [6.07, 6.45) is -5.47. The highest BCUT2D eigenvalue weighted by molar-refractivity contribution is 6.03. The number of nitrogens with zero attached hydrogens (tertiary/aromatic N) is 3. The molecule has 1 unspecified atom stereocenters. The predicted octanol–water partition coefficient (Wildman–Crippen LogP) is 4.77. The molecule has 9 nitrogen and oxygen atoms in total. The maximum atomic E-state index is 12.8. The molecule has 2 amide bonds. The summed E-state index contributed by atoms with van der Waals surface area (Å²) in [4.78, 5) is 24.7. The number of nitrogens with two attached hydrogens (primary N) is 2. The van der Waals surface area contributed by atoms with Crippen molar-refractivity contribution < 1.29 is 27.3 Å². The van der Waals surface area contributed by atoms with Gasteiger partial charge in [-0.25, -0.2) is 4.68 Å². The summed E-state index contributed by atoms with van der Waals surface area (Å²) in [7, 11) is 0. The van der Waals surface area contributed by atoms with Crippen LogP contribution in [0.25, 0.3) is 11.3 Å². The zero-order chi connectivity index (χ0) is 27.0. The number of hydrogen-bond donors (Lipinski definition) is 3. The highest BCUT2D eigenvalue weighted by Gasteiger charge is 2.40. The molecule has 0 saturated carbocycles. The highest BCUT2D eigenvalue weighted by atomic mass is 19.4. The lowest BCUT2D eigenvalue weighted by molar-refractivity contribution is -0.147. The standard InChI is InChI=1S/C24H29F3N6O3/c1-12(2)33-20(28)18(21(29)34)19(31-33)15-8-6-14(7-9-15)13(3)22(35)30-17-10-16(36-32-17)23(4,5)11-24(25,26)27/h6-10,12-13H,11,28H2,1-5H3,(H2,29,34)(H,30,32,35). The largest absolute Gasteiger partial charge is 0.390 e. The minimum absolute atomic E-state index is 0.0116. The number of amides is 2. The van der Waals surface area contributed by atoms with E-state index in [9.17, 15) is 22.8 Å². The van der Waals surface area contributed by atoms with Gasteiger partial charge in [-0.3, -0.25) is 9.59 Å². The van der Waals surface area contributed by atoms with Gasteiger partial charge < -0.3 is 21.3 Å². The lowest BCUT2D eigenvalue weighted by Crippen LogP contribution is -2.25. The molecule has 3 aromatic rings. The Kier molecular flexibility index (Phi) is 7.19. The fourth-order valence-electron chi connectivity index (χ4n) is 3.84. The summed E-state index contributed by atoms with van der Waals surface area (Å²) in [5, 5.41) is 10.7. The molecule has 0 aliphatic rings.